The number of nitriles is 1. The van der Waals surface area contributed by atoms with E-state index in [1.807, 2.05) is 12.1 Å². The minimum atomic E-state index is 0.411. The van der Waals surface area contributed by atoms with Crippen LogP contribution in [0.1, 0.15) is 6.42 Å². The van der Waals surface area contributed by atoms with Gasteiger partial charge in [-0.15, -0.1) is 0 Å². The van der Waals surface area contributed by atoms with Gasteiger partial charge in [0.25, 0.3) is 0 Å². The summed E-state index contributed by atoms with van der Waals surface area (Å²) < 4.78 is 0. The van der Waals surface area contributed by atoms with Crippen molar-refractivity contribution in [2.75, 3.05) is 0 Å². The van der Waals surface area contributed by atoms with Gasteiger partial charge in [-0.25, -0.2) is 0 Å². The lowest BCUT2D eigenvalue weighted by atomic mass is 10.3. The topological polar surface area (TPSA) is 54.5 Å². The molecule has 14 heavy (non-hydrogen) atoms. The first-order chi connectivity index (χ1) is 6.79. The molecule has 0 aliphatic carbocycles. The van der Waals surface area contributed by atoms with Gasteiger partial charge in [-0.3, -0.25) is 0 Å². The highest BCUT2D eigenvalue weighted by atomic mass is 35.5. The molecular formula is C9H7ClN4. The highest BCUT2D eigenvalue weighted by Crippen LogP contribution is 2.15. The Kier molecular flexibility index (Phi) is 2.33. The minimum Gasteiger partial charge on any atom is -0.198 e. The second kappa shape index (κ2) is 3.64. The maximum Gasteiger partial charge on any atom is 0.114 e. The van der Waals surface area contributed by atoms with E-state index in [-0.39, 0.29) is 0 Å². The van der Waals surface area contributed by atoms with Crippen LogP contribution in [-0.2, 0) is 6.54 Å². The molecule has 5 heteroatoms. The molecule has 0 atom stereocenters. The van der Waals surface area contributed by atoms with Gasteiger partial charge >= 0.3 is 0 Å². The average Bonchev–Trinajstić information content (AvgIpc) is 2.56. The second-order valence-electron chi connectivity index (χ2n) is 2.84. The standard InChI is InChI=1S/C9H7ClN4/c10-7-2-3-8-9(6-7)13-14(12-8)5-1-4-11/h2-3,6H,1,5H2. The average molecular weight is 207 g/mol. The van der Waals surface area contributed by atoms with Crippen LogP contribution >= 0.6 is 11.6 Å². The molecule has 0 aliphatic heterocycles. The van der Waals surface area contributed by atoms with Crippen molar-refractivity contribution in [3.63, 3.8) is 0 Å². The number of hydrogen-bond acceptors (Lipinski definition) is 3. The number of halogens is 1. The molecule has 0 bridgehead atoms. The first kappa shape index (κ1) is 8.97. The fraction of sp³-hybridized carbons (Fsp3) is 0.222. The molecule has 2 rings (SSSR count). The van der Waals surface area contributed by atoms with Crippen molar-refractivity contribution in [3.05, 3.63) is 23.2 Å². The number of nitrogens with zero attached hydrogens (tertiary/aromatic N) is 4. The van der Waals surface area contributed by atoms with Crippen LogP contribution in [0.25, 0.3) is 11.0 Å². The number of fused-ring (bicyclic) bond motifs is 1. The lowest BCUT2D eigenvalue weighted by Gasteiger charge is -1.89. The van der Waals surface area contributed by atoms with Gasteiger partial charge in [-0.1, -0.05) is 11.6 Å². The van der Waals surface area contributed by atoms with Crippen molar-refractivity contribution < 1.29 is 0 Å². The minimum absolute atomic E-state index is 0.411. The summed E-state index contributed by atoms with van der Waals surface area (Å²) in [6.07, 6.45) is 0.411. The SMILES string of the molecule is N#CCCn1nc2ccc(Cl)cc2n1. The molecule has 0 saturated heterocycles. The number of hydrogen-bond donors (Lipinski definition) is 0. The van der Waals surface area contributed by atoms with Crippen LogP contribution in [0.3, 0.4) is 0 Å². The summed E-state index contributed by atoms with van der Waals surface area (Å²) in [5.41, 5.74) is 1.56. The van der Waals surface area contributed by atoms with Gasteiger partial charge in [0.15, 0.2) is 0 Å². The third-order valence-electron chi connectivity index (χ3n) is 1.81. The van der Waals surface area contributed by atoms with Gasteiger partial charge < -0.3 is 0 Å². The van der Waals surface area contributed by atoms with Gasteiger partial charge in [0.1, 0.15) is 11.0 Å². The largest absolute Gasteiger partial charge is 0.198 e. The van der Waals surface area contributed by atoms with E-state index in [0.29, 0.717) is 18.0 Å². The fourth-order valence-corrected chi connectivity index (χ4v) is 1.35. The quantitative estimate of drug-likeness (QED) is 0.755. The van der Waals surface area contributed by atoms with Crippen LogP contribution in [0.4, 0.5) is 0 Å². The maximum absolute atomic E-state index is 8.41. The van der Waals surface area contributed by atoms with Crippen molar-refractivity contribution >= 4 is 22.6 Å². The van der Waals surface area contributed by atoms with E-state index >= 15 is 0 Å². The number of aromatic nitrogens is 3. The lowest BCUT2D eigenvalue weighted by Crippen LogP contribution is -2.00. The number of benzene rings is 1. The van der Waals surface area contributed by atoms with Crippen LogP contribution in [0.2, 0.25) is 5.02 Å². The molecule has 0 radical (unpaired) electrons. The van der Waals surface area contributed by atoms with Gasteiger partial charge in [0.05, 0.1) is 19.0 Å². The molecule has 1 heterocycles. The number of rotatable bonds is 2. The third kappa shape index (κ3) is 1.68. The molecule has 0 spiro atoms. The van der Waals surface area contributed by atoms with Gasteiger partial charge in [-0.2, -0.15) is 20.3 Å². The van der Waals surface area contributed by atoms with E-state index in [9.17, 15) is 0 Å². The Bertz CT molecular complexity index is 497. The summed E-state index contributed by atoms with van der Waals surface area (Å²) in [4.78, 5) is 1.52. The highest BCUT2D eigenvalue weighted by molar-refractivity contribution is 6.31. The van der Waals surface area contributed by atoms with Crippen LogP contribution in [-0.4, -0.2) is 15.0 Å². The molecule has 0 unspecified atom stereocenters. The first-order valence-corrected chi connectivity index (χ1v) is 4.55. The van der Waals surface area contributed by atoms with E-state index < -0.39 is 0 Å². The van der Waals surface area contributed by atoms with E-state index in [1.54, 1.807) is 12.1 Å². The molecule has 0 saturated carbocycles. The smallest absolute Gasteiger partial charge is 0.114 e. The zero-order valence-electron chi connectivity index (χ0n) is 7.31. The molecule has 0 fully saturated rings. The van der Waals surface area contributed by atoms with E-state index in [0.717, 1.165) is 11.0 Å². The Morgan fingerprint density at radius 1 is 1.36 bits per heavy atom. The second-order valence-corrected chi connectivity index (χ2v) is 3.27. The fourth-order valence-electron chi connectivity index (χ4n) is 1.18. The summed E-state index contributed by atoms with van der Waals surface area (Å²) >= 11 is 5.80. The van der Waals surface area contributed by atoms with Crippen LogP contribution < -0.4 is 0 Å². The first-order valence-electron chi connectivity index (χ1n) is 4.17. The molecule has 4 nitrogen and oxygen atoms in total. The predicted octanol–water partition coefficient (Wildman–Crippen LogP) is 2.00. The molecule has 0 amide bonds. The van der Waals surface area contributed by atoms with Crippen molar-refractivity contribution in [3.8, 4) is 6.07 Å². The van der Waals surface area contributed by atoms with E-state index in [4.69, 9.17) is 16.9 Å². The normalized spacial score (nSPS) is 10.3. The van der Waals surface area contributed by atoms with Gasteiger partial charge in [0.2, 0.25) is 0 Å². The Morgan fingerprint density at radius 3 is 2.93 bits per heavy atom. The monoisotopic (exact) mass is 206 g/mol. The van der Waals surface area contributed by atoms with Gasteiger partial charge in [-0.05, 0) is 18.2 Å². The summed E-state index contributed by atoms with van der Waals surface area (Å²) in [5.74, 6) is 0. The van der Waals surface area contributed by atoms with Crippen LogP contribution in [0, 0.1) is 11.3 Å². The molecule has 1 aromatic heterocycles. The zero-order valence-corrected chi connectivity index (χ0v) is 8.07. The number of aryl methyl sites for hydroxylation is 1. The van der Waals surface area contributed by atoms with E-state index in [2.05, 4.69) is 10.2 Å². The third-order valence-corrected chi connectivity index (χ3v) is 2.04. The van der Waals surface area contributed by atoms with Crippen LogP contribution in [0.5, 0.6) is 0 Å². The Hall–Kier alpha value is -1.60. The lowest BCUT2D eigenvalue weighted by molar-refractivity contribution is 0.554. The molecule has 2 aromatic rings. The molecule has 0 aliphatic rings. The molecule has 0 N–H and O–H groups in total. The summed E-state index contributed by atoms with van der Waals surface area (Å²) in [6.45, 7) is 0.517. The Morgan fingerprint density at radius 2 is 2.14 bits per heavy atom. The Labute approximate surface area is 85.7 Å². The van der Waals surface area contributed by atoms with Crippen molar-refractivity contribution in [2.24, 2.45) is 0 Å². The molecule has 70 valence electrons. The molecule has 1 aromatic carbocycles. The summed E-state index contributed by atoms with van der Waals surface area (Å²) in [5, 5.41) is 17.4. The summed E-state index contributed by atoms with van der Waals surface area (Å²) in [6, 6.07) is 7.39. The highest BCUT2D eigenvalue weighted by Gasteiger charge is 2.02. The van der Waals surface area contributed by atoms with Crippen LogP contribution in [0.15, 0.2) is 18.2 Å². The zero-order chi connectivity index (χ0) is 9.97. The Balaban J connectivity index is 2.37. The van der Waals surface area contributed by atoms with E-state index in [1.165, 1.54) is 4.80 Å². The van der Waals surface area contributed by atoms with Crippen molar-refractivity contribution in [1.29, 1.82) is 5.26 Å². The van der Waals surface area contributed by atoms with Crippen molar-refractivity contribution in [1.82, 2.24) is 15.0 Å². The summed E-state index contributed by atoms with van der Waals surface area (Å²) in [7, 11) is 0. The van der Waals surface area contributed by atoms with Crippen molar-refractivity contribution in [2.45, 2.75) is 13.0 Å². The maximum atomic E-state index is 8.41. The molecular weight excluding hydrogens is 200 g/mol. The predicted molar refractivity (Wildman–Crippen MR) is 52.8 cm³/mol. The van der Waals surface area contributed by atoms with Gasteiger partial charge in [0, 0.05) is 5.02 Å².